The fourth-order valence-electron chi connectivity index (χ4n) is 1.67. The Labute approximate surface area is 93.8 Å². The van der Waals surface area contributed by atoms with Crippen molar-refractivity contribution in [3.8, 4) is 5.75 Å². The molecule has 1 N–H and O–H groups in total. The van der Waals surface area contributed by atoms with E-state index < -0.39 is 12.1 Å². The van der Waals surface area contributed by atoms with E-state index in [9.17, 15) is 4.79 Å². The Morgan fingerprint density at radius 1 is 1.62 bits per heavy atom. The highest BCUT2D eigenvalue weighted by Crippen LogP contribution is 2.28. The number of hydrogen-bond acceptors (Lipinski definition) is 3. The molecule has 0 aromatic heterocycles. The number of para-hydroxylation sites is 1. The number of rotatable bonds is 4. The molecule has 1 aliphatic heterocycles. The molecule has 1 heterocycles. The molecule has 1 aromatic rings. The van der Waals surface area contributed by atoms with Crippen LogP contribution in [0, 0.1) is 0 Å². The second kappa shape index (κ2) is 4.53. The Balaban J connectivity index is 1.86. The summed E-state index contributed by atoms with van der Waals surface area (Å²) in [6.45, 7) is 1.83. The topological polar surface area (TPSA) is 55.8 Å². The Bertz CT molecular complexity index is 363. The molecule has 2 rings (SSSR count). The van der Waals surface area contributed by atoms with Gasteiger partial charge in [0.15, 0.2) is 6.10 Å². The second-order valence-corrected chi connectivity index (χ2v) is 3.87. The van der Waals surface area contributed by atoms with Gasteiger partial charge in [-0.2, -0.15) is 0 Å². The van der Waals surface area contributed by atoms with Crippen molar-refractivity contribution in [2.45, 2.75) is 25.6 Å². The summed E-state index contributed by atoms with van der Waals surface area (Å²) in [5.74, 6) is -0.0745. The molecule has 0 saturated carbocycles. The minimum atomic E-state index is -0.949. The van der Waals surface area contributed by atoms with Crippen molar-refractivity contribution in [1.29, 1.82) is 0 Å². The first-order valence-corrected chi connectivity index (χ1v) is 5.26. The molecular weight excluding hydrogens is 208 g/mol. The van der Waals surface area contributed by atoms with Gasteiger partial charge in [-0.1, -0.05) is 18.2 Å². The van der Waals surface area contributed by atoms with E-state index in [1.54, 1.807) is 0 Å². The van der Waals surface area contributed by atoms with Crippen molar-refractivity contribution < 1.29 is 19.4 Å². The van der Waals surface area contributed by atoms with Gasteiger partial charge in [0.05, 0.1) is 6.61 Å². The van der Waals surface area contributed by atoms with Gasteiger partial charge in [0.25, 0.3) is 0 Å². The predicted octanol–water partition coefficient (Wildman–Crippen LogP) is 1.48. The quantitative estimate of drug-likeness (QED) is 0.838. The lowest BCUT2D eigenvalue weighted by molar-refractivity contribution is -0.150. The van der Waals surface area contributed by atoms with Gasteiger partial charge >= 0.3 is 5.97 Å². The normalized spacial score (nSPS) is 19.9. The second-order valence-electron chi connectivity index (χ2n) is 3.87. The Kier molecular flexibility index (Phi) is 3.10. The standard InChI is InChI=1S/C12H14O4/c1-8(12(13)14)15-7-10-6-9-4-2-3-5-11(9)16-10/h2-5,8,10H,6-7H2,1H3,(H,13,14)/t8-,10?/m0/s1. The number of ether oxygens (including phenoxy) is 2. The van der Waals surface area contributed by atoms with Crippen LogP contribution in [0.1, 0.15) is 12.5 Å². The molecule has 16 heavy (non-hydrogen) atoms. The molecule has 2 atom stereocenters. The molecule has 0 radical (unpaired) electrons. The van der Waals surface area contributed by atoms with Crippen molar-refractivity contribution >= 4 is 5.97 Å². The zero-order chi connectivity index (χ0) is 11.5. The van der Waals surface area contributed by atoms with Crippen molar-refractivity contribution in [3.05, 3.63) is 29.8 Å². The molecule has 0 fully saturated rings. The van der Waals surface area contributed by atoms with Crippen LogP contribution in [0.15, 0.2) is 24.3 Å². The fraction of sp³-hybridized carbons (Fsp3) is 0.417. The summed E-state index contributed by atoms with van der Waals surface area (Å²) >= 11 is 0. The van der Waals surface area contributed by atoms with Crippen LogP contribution in [0.5, 0.6) is 5.75 Å². The first-order valence-electron chi connectivity index (χ1n) is 5.26. The monoisotopic (exact) mass is 222 g/mol. The summed E-state index contributed by atoms with van der Waals surface area (Å²) in [6.07, 6.45) is -0.0748. The van der Waals surface area contributed by atoms with Crippen LogP contribution in [0.25, 0.3) is 0 Å². The average molecular weight is 222 g/mol. The molecule has 0 amide bonds. The number of carboxylic acid groups (broad SMARTS) is 1. The molecule has 86 valence electrons. The van der Waals surface area contributed by atoms with E-state index in [1.807, 2.05) is 24.3 Å². The van der Waals surface area contributed by atoms with E-state index in [-0.39, 0.29) is 6.10 Å². The minimum absolute atomic E-state index is 0.0702. The maximum Gasteiger partial charge on any atom is 0.332 e. The highest BCUT2D eigenvalue weighted by molar-refractivity contribution is 5.71. The Morgan fingerprint density at radius 3 is 3.06 bits per heavy atom. The van der Waals surface area contributed by atoms with Gasteiger partial charge in [-0.3, -0.25) is 0 Å². The van der Waals surface area contributed by atoms with Crippen molar-refractivity contribution in [2.75, 3.05) is 6.61 Å². The number of fused-ring (bicyclic) bond motifs is 1. The minimum Gasteiger partial charge on any atom is -0.487 e. The summed E-state index contributed by atoms with van der Waals surface area (Å²) in [7, 11) is 0. The third-order valence-corrected chi connectivity index (χ3v) is 2.59. The van der Waals surface area contributed by atoms with E-state index in [0.717, 1.165) is 17.7 Å². The van der Waals surface area contributed by atoms with Crippen LogP contribution in [-0.2, 0) is 16.0 Å². The van der Waals surface area contributed by atoms with Gasteiger partial charge in [0.2, 0.25) is 0 Å². The largest absolute Gasteiger partial charge is 0.487 e. The van der Waals surface area contributed by atoms with Crippen molar-refractivity contribution in [1.82, 2.24) is 0 Å². The van der Waals surface area contributed by atoms with Crippen LogP contribution in [0.4, 0.5) is 0 Å². The van der Waals surface area contributed by atoms with E-state index >= 15 is 0 Å². The van der Waals surface area contributed by atoms with Crippen molar-refractivity contribution in [3.63, 3.8) is 0 Å². The summed E-state index contributed by atoms with van der Waals surface area (Å²) in [4.78, 5) is 10.6. The lowest BCUT2D eigenvalue weighted by Crippen LogP contribution is -2.27. The Hall–Kier alpha value is -1.55. The van der Waals surface area contributed by atoms with Gasteiger partial charge in [-0.05, 0) is 18.6 Å². The van der Waals surface area contributed by atoms with Crippen molar-refractivity contribution in [2.24, 2.45) is 0 Å². The molecular formula is C12H14O4. The first-order chi connectivity index (χ1) is 7.66. The highest BCUT2D eigenvalue weighted by atomic mass is 16.6. The molecule has 0 saturated heterocycles. The summed E-state index contributed by atoms with van der Waals surface area (Å²) in [6, 6.07) is 7.80. The number of hydrogen-bond donors (Lipinski definition) is 1. The third kappa shape index (κ3) is 2.33. The summed E-state index contributed by atoms with van der Waals surface area (Å²) in [5, 5.41) is 8.66. The van der Waals surface area contributed by atoms with Gasteiger partial charge in [-0.25, -0.2) is 4.79 Å². The zero-order valence-electron chi connectivity index (χ0n) is 9.05. The smallest absolute Gasteiger partial charge is 0.332 e. The Morgan fingerprint density at radius 2 is 2.38 bits per heavy atom. The van der Waals surface area contributed by atoms with Gasteiger partial charge in [-0.15, -0.1) is 0 Å². The SMILES string of the molecule is C[C@H](OCC1Cc2ccccc2O1)C(=O)O. The fourth-order valence-corrected chi connectivity index (χ4v) is 1.67. The molecule has 4 nitrogen and oxygen atoms in total. The first kappa shape index (κ1) is 11.0. The number of carbonyl (C=O) groups is 1. The summed E-state index contributed by atoms with van der Waals surface area (Å²) < 4.78 is 10.8. The van der Waals surface area contributed by atoms with E-state index in [4.69, 9.17) is 14.6 Å². The number of carboxylic acids is 1. The highest BCUT2D eigenvalue weighted by Gasteiger charge is 2.24. The molecule has 1 aromatic carbocycles. The lowest BCUT2D eigenvalue weighted by atomic mass is 10.1. The van der Waals surface area contributed by atoms with Gasteiger partial charge in [0.1, 0.15) is 11.9 Å². The zero-order valence-corrected chi connectivity index (χ0v) is 9.05. The van der Waals surface area contributed by atoms with E-state index in [1.165, 1.54) is 6.92 Å². The van der Waals surface area contributed by atoms with Crippen LogP contribution < -0.4 is 4.74 Å². The van der Waals surface area contributed by atoms with Crippen LogP contribution >= 0.6 is 0 Å². The predicted molar refractivity (Wildman–Crippen MR) is 57.6 cm³/mol. The van der Waals surface area contributed by atoms with Crippen LogP contribution in [0.3, 0.4) is 0 Å². The molecule has 0 aliphatic carbocycles. The molecule has 1 unspecified atom stereocenters. The van der Waals surface area contributed by atoms with Crippen LogP contribution in [0.2, 0.25) is 0 Å². The average Bonchev–Trinajstić information content (AvgIpc) is 2.68. The lowest BCUT2D eigenvalue weighted by Gasteiger charge is -2.13. The molecule has 4 heteroatoms. The van der Waals surface area contributed by atoms with Gasteiger partial charge < -0.3 is 14.6 Å². The summed E-state index contributed by atoms with van der Waals surface area (Å²) in [5.41, 5.74) is 1.15. The molecule has 0 spiro atoms. The van der Waals surface area contributed by atoms with Crippen LogP contribution in [-0.4, -0.2) is 29.9 Å². The van der Waals surface area contributed by atoms with E-state index in [2.05, 4.69) is 0 Å². The molecule has 1 aliphatic rings. The maximum absolute atomic E-state index is 10.6. The molecule has 0 bridgehead atoms. The van der Waals surface area contributed by atoms with Gasteiger partial charge in [0, 0.05) is 6.42 Å². The number of benzene rings is 1. The maximum atomic E-state index is 10.6. The van der Waals surface area contributed by atoms with E-state index in [0.29, 0.717) is 6.61 Å². The number of aliphatic carboxylic acids is 1. The third-order valence-electron chi connectivity index (χ3n) is 2.59.